The Morgan fingerprint density at radius 2 is 1.29 bits per heavy atom. The van der Waals surface area contributed by atoms with Crippen LogP contribution in [0, 0.1) is 0 Å². The van der Waals surface area contributed by atoms with Gasteiger partial charge in [-0.2, -0.15) is 0 Å². The van der Waals surface area contributed by atoms with Gasteiger partial charge in [0, 0.05) is 33.8 Å². The van der Waals surface area contributed by atoms with Crippen LogP contribution in [0.5, 0.6) is 0 Å². The molecule has 0 bridgehead atoms. The lowest BCUT2D eigenvalue weighted by Gasteiger charge is -2.12. The molecule has 1 aliphatic rings. The quantitative estimate of drug-likeness (QED) is 0.300. The standard InChI is InChI=1S/C32H21NO/c1-2-9-21(10-3-1)19-28-23-11-4-5-13-26(23)32-27(28)14-8-15-29(32)33-22-17-18-25-24-12-6-7-16-30(24)34-31(25)20-22/h1-20,33H/b28-19+. The molecule has 0 aliphatic heterocycles. The first-order valence-electron chi connectivity index (χ1n) is 11.5. The second-order valence-electron chi connectivity index (χ2n) is 8.68. The Labute approximate surface area is 197 Å². The van der Waals surface area contributed by atoms with Crippen LogP contribution in [0.1, 0.15) is 16.7 Å². The number of hydrogen-bond donors (Lipinski definition) is 1. The fraction of sp³-hybridized carbons (Fsp3) is 0. The molecule has 160 valence electrons. The molecule has 1 aromatic heterocycles. The topological polar surface area (TPSA) is 25.2 Å². The average molecular weight is 436 g/mol. The van der Waals surface area contributed by atoms with E-state index in [-0.39, 0.29) is 0 Å². The number of rotatable bonds is 3. The van der Waals surface area contributed by atoms with Crippen molar-refractivity contribution in [2.24, 2.45) is 0 Å². The van der Waals surface area contributed by atoms with Gasteiger partial charge in [-0.25, -0.2) is 0 Å². The van der Waals surface area contributed by atoms with Crippen LogP contribution in [0.25, 0.3) is 44.7 Å². The lowest BCUT2D eigenvalue weighted by Crippen LogP contribution is -1.93. The van der Waals surface area contributed by atoms with E-state index in [0.29, 0.717) is 0 Å². The molecule has 0 saturated heterocycles. The van der Waals surface area contributed by atoms with Crippen molar-refractivity contribution >= 4 is 45.0 Å². The van der Waals surface area contributed by atoms with E-state index in [1.54, 1.807) is 0 Å². The van der Waals surface area contributed by atoms with Crippen molar-refractivity contribution in [3.8, 4) is 11.1 Å². The third-order valence-corrected chi connectivity index (χ3v) is 6.61. The average Bonchev–Trinajstić information content (AvgIpc) is 3.41. The molecular weight excluding hydrogens is 414 g/mol. The van der Waals surface area contributed by atoms with Crippen LogP contribution >= 0.6 is 0 Å². The minimum atomic E-state index is 0.892. The Morgan fingerprint density at radius 1 is 0.559 bits per heavy atom. The summed E-state index contributed by atoms with van der Waals surface area (Å²) in [5.74, 6) is 0. The van der Waals surface area contributed by atoms with E-state index in [1.807, 2.05) is 12.1 Å². The Morgan fingerprint density at radius 3 is 2.21 bits per heavy atom. The van der Waals surface area contributed by atoms with E-state index < -0.39 is 0 Å². The SMILES string of the molecule is C(=C1/c2ccccc2-c2c(Nc3ccc4c(c3)oc3ccccc34)cccc21)/c1ccccc1. The molecule has 0 unspecified atom stereocenters. The van der Waals surface area contributed by atoms with E-state index in [1.165, 1.54) is 33.4 Å². The van der Waals surface area contributed by atoms with E-state index in [0.717, 1.165) is 33.3 Å². The molecule has 0 atom stereocenters. The van der Waals surface area contributed by atoms with Crippen molar-refractivity contribution in [1.82, 2.24) is 0 Å². The largest absolute Gasteiger partial charge is 0.456 e. The molecule has 0 amide bonds. The van der Waals surface area contributed by atoms with Crippen molar-refractivity contribution < 1.29 is 4.42 Å². The zero-order valence-electron chi connectivity index (χ0n) is 18.5. The number of nitrogens with one attached hydrogen (secondary N) is 1. The Bertz CT molecular complexity index is 1720. The highest BCUT2D eigenvalue weighted by Gasteiger charge is 2.25. The summed E-state index contributed by atoms with van der Waals surface area (Å²) in [6.45, 7) is 0. The maximum Gasteiger partial charge on any atom is 0.137 e. The maximum atomic E-state index is 6.11. The predicted octanol–water partition coefficient (Wildman–Crippen LogP) is 8.90. The van der Waals surface area contributed by atoms with Crippen LogP contribution in [-0.4, -0.2) is 0 Å². The van der Waals surface area contributed by atoms with Gasteiger partial charge in [0.15, 0.2) is 0 Å². The van der Waals surface area contributed by atoms with Gasteiger partial charge in [0.25, 0.3) is 0 Å². The Hall–Kier alpha value is -4.56. The fourth-order valence-electron chi connectivity index (χ4n) is 5.08. The van der Waals surface area contributed by atoms with Crippen molar-refractivity contribution in [1.29, 1.82) is 0 Å². The van der Waals surface area contributed by atoms with Gasteiger partial charge in [0.2, 0.25) is 0 Å². The zero-order chi connectivity index (χ0) is 22.5. The molecule has 0 spiro atoms. The van der Waals surface area contributed by atoms with Crippen LogP contribution in [0.15, 0.2) is 120 Å². The summed E-state index contributed by atoms with van der Waals surface area (Å²) < 4.78 is 6.11. The second kappa shape index (κ2) is 7.50. The number of para-hydroxylation sites is 1. The number of anilines is 2. The second-order valence-corrected chi connectivity index (χ2v) is 8.68. The zero-order valence-corrected chi connectivity index (χ0v) is 18.5. The molecule has 1 N–H and O–H groups in total. The highest BCUT2D eigenvalue weighted by Crippen LogP contribution is 2.49. The summed E-state index contributed by atoms with van der Waals surface area (Å²) in [6.07, 6.45) is 2.29. The lowest BCUT2D eigenvalue weighted by molar-refractivity contribution is 0.669. The summed E-state index contributed by atoms with van der Waals surface area (Å²) in [4.78, 5) is 0. The highest BCUT2D eigenvalue weighted by atomic mass is 16.3. The van der Waals surface area contributed by atoms with E-state index >= 15 is 0 Å². The van der Waals surface area contributed by atoms with Crippen LogP contribution in [0.3, 0.4) is 0 Å². The molecule has 2 heteroatoms. The summed E-state index contributed by atoms with van der Waals surface area (Å²) in [6, 6.07) is 40.2. The van der Waals surface area contributed by atoms with Crippen LogP contribution in [-0.2, 0) is 0 Å². The minimum Gasteiger partial charge on any atom is -0.456 e. The van der Waals surface area contributed by atoms with Crippen molar-refractivity contribution in [3.63, 3.8) is 0 Å². The molecule has 1 heterocycles. The lowest BCUT2D eigenvalue weighted by atomic mass is 10.0. The first kappa shape index (κ1) is 19.0. The van der Waals surface area contributed by atoms with E-state index in [2.05, 4.69) is 115 Å². The van der Waals surface area contributed by atoms with Gasteiger partial charge in [0.1, 0.15) is 11.2 Å². The van der Waals surface area contributed by atoms with Gasteiger partial charge in [-0.15, -0.1) is 0 Å². The molecule has 6 aromatic rings. The van der Waals surface area contributed by atoms with Gasteiger partial charge >= 0.3 is 0 Å². The summed E-state index contributed by atoms with van der Waals surface area (Å²) in [5.41, 5.74) is 11.4. The normalized spacial score (nSPS) is 13.4. The third-order valence-electron chi connectivity index (χ3n) is 6.61. The maximum absolute atomic E-state index is 6.11. The van der Waals surface area contributed by atoms with Crippen LogP contribution in [0.4, 0.5) is 11.4 Å². The number of furan rings is 1. The minimum absolute atomic E-state index is 0.892. The van der Waals surface area contributed by atoms with Gasteiger partial charge in [-0.05, 0) is 58.2 Å². The van der Waals surface area contributed by atoms with E-state index in [9.17, 15) is 0 Å². The van der Waals surface area contributed by atoms with Crippen LogP contribution < -0.4 is 5.32 Å². The highest BCUT2D eigenvalue weighted by molar-refractivity contribution is 6.10. The fourth-order valence-corrected chi connectivity index (χ4v) is 5.08. The molecule has 0 saturated carbocycles. The van der Waals surface area contributed by atoms with Gasteiger partial charge in [-0.1, -0.05) is 84.9 Å². The van der Waals surface area contributed by atoms with Gasteiger partial charge < -0.3 is 9.73 Å². The summed E-state index contributed by atoms with van der Waals surface area (Å²) >= 11 is 0. The number of benzene rings is 5. The molecule has 0 radical (unpaired) electrons. The van der Waals surface area contributed by atoms with Gasteiger partial charge in [0.05, 0.1) is 0 Å². The molecular formula is C32H21NO. The van der Waals surface area contributed by atoms with E-state index in [4.69, 9.17) is 4.42 Å². The molecule has 34 heavy (non-hydrogen) atoms. The molecule has 2 nitrogen and oxygen atoms in total. The summed E-state index contributed by atoms with van der Waals surface area (Å²) in [7, 11) is 0. The molecule has 1 aliphatic carbocycles. The smallest absolute Gasteiger partial charge is 0.137 e. The van der Waals surface area contributed by atoms with Crippen molar-refractivity contribution in [3.05, 3.63) is 132 Å². The third kappa shape index (κ3) is 2.96. The molecule has 5 aromatic carbocycles. The van der Waals surface area contributed by atoms with Crippen LogP contribution in [0.2, 0.25) is 0 Å². The van der Waals surface area contributed by atoms with Crippen molar-refractivity contribution in [2.75, 3.05) is 5.32 Å². The Balaban J connectivity index is 1.36. The molecule has 0 fully saturated rings. The number of hydrogen-bond acceptors (Lipinski definition) is 2. The first-order chi connectivity index (χ1) is 16.8. The molecule has 7 rings (SSSR count). The monoisotopic (exact) mass is 435 g/mol. The first-order valence-corrected chi connectivity index (χ1v) is 11.5. The summed E-state index contributed by atoms with van der Waals surface area (Å²) in [5, 5.41) is 5.96. The van der Waals surface area contributed by atoms with Gasteiger partial charge in [-0.3, -0.25) is 0 Å². The Kier molecular flexibility index (Phi) is 4.18. The van der Waals surface area contributed by atoms with Crippen molar-refractivity contribution in [2.45, 2.75) is 0 Å². The predicted molar refractivity (Wildman–Crippen MR) is 142 cm³/mol. The number of fused-ring (bicyclic) bond motifs is 6.